The smallest absolute Gasteiger partial charge is 0.223 e. The highest BCUT2D eigenvalue weighted by Crippen LogP contribution is 2.35. The monoisotopic (exact) mass is 406 g/mol. The zero-order valence-corrected chi connectivity index (χ0v) is 17.7. The van der Waals surface area contributed by atoms with Crippen LogP contribution in [0.25, 0.3) is 20.7 Å². The van der Waals surface area contributed by atoms with Gasteiger partial charge in [0.2, 0.25) is 5.95 Å². The number of anilines is 1. The van der Waals surface area contributed by atoms with E-state index in [9.17, 15) is 0 Å². The normalized spacial score (nSPS) is 18.3. The first-order valence-corrected chi connectivity index (χ1v) is 10.6. The molecule has 29 heavy (non-hydrogen) atoms. The third kappa shape index (κ3) is 4.59. The van der Waals surface area contributed by atoms with E-state index >= 15 is 0 Å². The van der Waals surface area contributed by atoms with Crippen LogP contribution >= 0.6 is 11.3 Å². The fourth-order valence-electron chi connectivity index (χ4n) is 3.80. The Labute approximate surface area is 175 Å². The molecule has 0 aliphatic carbocycles. The molecule has 150 valence electrons. The maximum Gasteiger partial charge on any atom is 0.223 e. The molecule has 3 aromatic rings. The number of piperidine rings is 1. The Bertz CT molecular complexity index is 1060. The maximum absolute atomic E-state index is 5.65. The third-order valence-corrected chi connectivity index (χ3v) is 5.99. The van der Waals surface area contributed by atoms with Crippen LogP contribution in [-0.4, -0.2) is 28.2 Å². The molecule has 5 nitrogen and oxygen atoms in total. The second-order valence-electron chi connectivity index (χ2n) is 8.04. The molecule has 0 bridgehead atoms. The van der Waals surface area contributed by atoms with Crippen molar-refractivity contribution in [3.63, 3.8) is 0 Å². The van der Waals surface area contributed by atoms with Crippen LogP contribution in [0.3, 0.4) is 0 Å². The van der Waals surface area contributed by atoms with E-state index in [1.165, 1.54) is 10.1 Å². The molecule has 4 rings (SSSR count). The first-order chi connectivity index (χ1) is 13.9. The van der Waals surface area contributed by atoms with Crippen molar-refractivity contribution in [2.75, 3.05) is 11.9 Å². The SMILES string of the molecule is C=CCOc1ccc2cc(-c3ccnc(NC4CC(=C)NC(C)(C)C4)n3)sc2c1. The van der Waals surface area contributed by atoms with Crippen molar-refractivity contribution in [3.05, 3.63) is 61.5 Å². The van der Waals surface area contributed by atoms with Gasteiger partial charge in [0.25, 0.3) is 0 Å². The van der Waals surface area contributed by atoms with Gasteiger partial charge in [0.1, 0.15) is 12.4 Å². The second kappa shape index (κ2) is 7.87. The molecule has 1 fully saturated rings. The second-order valence-corrected chi connectivity index (χ2v) is 9.12. The van der Waals surface area contributed by atoms with Crippen LogP contribution < -0.4 is 15.4 Å². The highest BCUT2D eigenvalue weighted by atomic mass is 32.1. The molecule has 0 radical (unpaired) electrons. The largest absolute Gasteiger partial charge is 0.490 e. The van der Waals surface area contributed by atoms with Crippen molar-refractivity contribution < 1.29 is 4.74 Å². The lowest BCUT2D eigenvalue weighted by Crippen LogP contribution is -2.48. The molecule has 2 aromatic heterocycles. The number of hydrogen-bond donors (Lipinski definition) is 2. The quantitative estimate of drug-likeness (QED) is 0.538. The predicted octanol–water partition coefficient (Wildman–Crippen LogP) is 5.38. The van der Waals surface area contributed by atoms with Gasteiger partial charge in [-0.2, -0.15) is 0 Å². The Morgan fingerprint density at radius 2 is 2.21 bits per heavy atom. The summed E-state index contributed by atoms with van der Waals surface area (Å²) < 4.78 is 6.82. The van der Waals surface area contributed by atoms with Gasteiger partial charge in [-0.1, -0.05) is 19.2 Å². The van der Waals surface area contributed by atoms with Gasteiger partial charge in [-0.15, -0.1) is 11.3 Å². The van der Waals surface area contributed by atoms with Crippen molar-refractivity contribution in [3.8, 4) is 16.3 Å². The van der Waals surface area contributed by atoms with E-state index in [1.807, 2.05) is 18.3 Å². The molecule has 1 aliphatic heterocycles. The Balaban J connectivity index is 1.55. The van der Waals surface area contributed by atoms with E-state index in [1.54, 1.807) is 17.4 Å². The molecule has 0 amide bonds. The number of ether oxygens (including phenoxy) is 1. The number of benzene rings is 1. The van der Waals surface area contributed by atoms with Crippen LogP contribution in [0.4, 0.5) is 5.95 Å². The van der Waals surface area contributed by atoms with E-state index in [2.05, 4.69) is 60.8 Å². The van der Waals surface area contributed by atoms with Gasteiger partial charge in [-0.3, -0.25) is 0 Å². The summed E-state index contributed by atoms with van der Waals surface area (Å²) in [6.45, 7) is 12.7. The minimum Gasteiger partial charge on any atom is -0.490 e. The average molecular weight is 407 g/mol. The van der Waals surface area contributed by atoms with Gasteiger partial charge in [-0.05, 0) is 56.0 Å². The lowest BCUT2D eigenvalue weighted by Gasteiger charge is -2.38. The summed E-state index contributed by atoms with van der Waals surface area (Å²) in [5.41, 5.74) is 1.99. The van der Waals surface area contributed by atoms with Gasteiger partial charge < -0.3 is 15.4 Å². The summed E-state index contributed by atoms with van der Waals surface area (Å²) >= 11 is 1.70. The number of fused-ring (bicyclic) bond motifs is 1. The number of nitrogens with one attached hydrogen (secondary N) is 2. The minimum atomic E-state index is 0.0153. The van der Waals surface area contributed by atoms with Crippen molar-refractivity contribution in [2.45, 2.75) is 38.3 Å². The highest BCUT2D eigenvalue weighted by molar-refractivity contribution is 7.22. The number of rotatable bonds is 6. The Morgan fingerprint density at radius 1 is 1.34 bits per heavy atom. The molecule has 0 saturated carbocycles. The van der Waals surface area contributed by atoms with E-state index in [0.717, 1.165) is 34.9 Å². The van der Waals surface area contributed by atoms with E-state index in [0.29, 0.717) is 12.6 Å². The molecular weight excluding hydrogens is 380 g/mol. The highest BCUT2D eigenvalue weighted by Gasteiger charge is 2.29. The van der Waals surface area contributed by atoms with Gasteiger partial charge >= 0.3 is 0 Å². The molecule has 2 N–H and O–H groups in total. The van der Waals surface area contributed by atoms with Crippen LogP contribution in [0.15, 0.2) is 61.5 Å². The fraction of sp³-hybridized carbons (Fsp3) is 0.304. The molecule has 1 saturated heterocycles. The summed E-state index contributed by atoms with van der Waals surface area (Å²) in [5, 5.41) is 8.13. The van der Waals surface area contributed by atoms with Crippen molar-refractivity contribution >= 4 is 27.4 Å². The number of aromatic nitrogens is 2. The van der Waals surface area contributed by atoms with Crippen molar-refractivity contribution in [2.24, 2.45) is 0 Å². The summed E-state index contributed by atoms with van der Waals surface area (Å²) in [6, 6.07) is 10.5. The van der Waals surface area contributed by atoms with Crippen molar-refractivity contribution in [1.82, 2.24) is 15.3 Å². The van der Waals surface area contributed by atoms with Crippen LogP contribution in [0.2, 0.25) is 0 Å². The number of thiophene rings is 1. The zero-order valence-electron chi connectivity index (χ0n) is 16.9. The molecular formula is C23H26N4OS. The standard InChI is InChI=1S/C23H26N4OS/c1-5-10-28-18-7-6-16-12-21(29-20(16)13-18)19-8-9-24-22(26-19)25-17-11-15(2)27-23(3,4)14-17/h5-9,12-13,17,27H,1-2,10-11,14H2,3-4H3,(H,24,25,26). The van der Waals surface area contributed by atoms with E-state index in [-0.39, 0.29) is 11.6 Å². The number of nitrogens with zero attached hydrogens (tertiary/aromatic N) is 2. The van der Waals surface area contributed by atoms with Crippen LogP contribution in [0, 0.1) is 0 Å². The molecule has 1 atom stereocenters. The zero-order chi connectivity index (χ0) is 20.4. The van der Waals surface area contributed by atoms with Gasteiger partial charge in [0.05, 0.1) is 10.6 Å². The minimum absolute atomic E-state index is 0.0153. The summed E-state index contributed by atoms with van der Waals surface area (Å²) in [4.78, 5) is 10.3. The van der Waals surface area contributed by atoms with Crippen LogP contribution in [-0.2, 0) is 0 Å². The van der Waals surface area contributed by atoms with Gasteiger partial charge in [0.15, 0.2) is 0 Å². The van der Waals surface area contributed by atoms with Crippen LogP contribution in [0.5, 0.6) is 5.75 Å². The van der Waals surface area contributed by atoms with Gasteiger partial charge in [0, 0.05) is 34.6 Å². The third-order valence-electron chi connectivity index (χ3n) is 4.87. The van der Waals surface area contributed by atoms with Gasteiger partial charge in [-0.25, -0.2) is 9.97 Å². The summed E-state index contributed by atoms with van der Waals surface area (Å²) in [5.74, 6) is 1.51. The topological polar surface area (TPSA) is 59.1 Å². The molecule has 1 unspecified atom stereocenters. The Hall–Kier alpha value is -2.86. The summed E-state index contributed by atoms with van der Waals surface area (Å²) in [6.07, 6.45) is 5.41. The fourth-order valence-corrected chi connectivity index (χ4v) is 4.86. The lowest BCUT2D eigenvalue weighted by molar-refractivity contribution is 0.324. The summed E-state index contributed by atoms with van der Waals surface area (Å²) in [7, 11) is 0. The first-order valence-electron chi connectivity index (χ1n) is 9.75. The Kier molecular flexibility index (Phi) is 5.28. The Morgan fingerprint density at radius 3 is 3.00 bits per heavy atom. The predicted molar refractivity (Wildman–Crippen MR) is 122 cm³/mol. The molecule has 1 aliphatic rings. The average Bonchev–Trinajstić information content (AvgIpc) is 3.08. The van der Waals surface area contributed by atoms with Crippen molar-refractivity contribution in [1.29, 1.82) is 0 Å². The molecule has 3 heterocycles. The molecule has 1 aromatic carbocycles. The maximum atomic E-state index is 5.65. The number of hydrogen-bond acceptors (Lipinski definition) is 6. The van der Waals surface area contributed by atoms with Crippen LogP contribution in [0.1, 0.15) is 26.7 Å². The lowest BCUT2D eigenvalue weighted by atomic mass is 9.88. The van der Waals surface area contributed by atoms with E-state index < -0.39 is 0 Å². The molecule has 0 spiro atoms. The van der Waals surface area contributed by atoms with E-state index in [4.69, 9.17) is 9.72 Å². The first kappa shape index (κ1) is 19.5. The molecule has 6 heteroatoms.